The van der Waals surface area contributed by atoms with Gasteiger partial charge in [-0.2, -0.15) is 0 Å². The molecule has 154 valence electrons. The van der Waals surface area contributed by atoms with Crippen molar-refractivity contribution in [3.63, 3.8) is 0 Å². The van der Waals surface area contributed by atoms with Gasteiger partial charge in [-0.3, -0.25) is 14.4 Å². The van der Waals surface area contributed by atoms with Crippen LogP contribution in [0.5, 0.6) is 0 Å². The summed E-state index contributed by atoms with van der Waals surface area (Å²) in [5.41, 5.74) is 1.75. The third-order valence-electron chi connectivity index (χ3n) is 5.30. The van der Waals surface area contributed by atoms with Gasteiger partial charge in [-0.15, -0.1) is 0 Å². The van der Waals surface area contributed by atoms with Crippen LogP contribution in [0.25, 0.3) is 5.69 Å². The maximum atomic E-state index is 12.8. The number of anilines is 1. The maximum absolute atomic E-state index is 12.8. The second-order valence-electron chi connectivity index (χ2n) is 7.22. The van der Waals surface area contributed by atoms with Crippen molar-refractivity contribution in [2.45, 2.75) is 32.7 Å². The Morgan fingerprint density at radius 1 is 1.07 bits per heavy atom. The van der Waals surface area contributed by atoms with E-state index in [0.29, 0.717) is 12.4 Å². The Bertz CT molecular complexity index is 889. The second kappa shape index (κ2) is 8.65. The minimum absolute atomic E-state index is 0.233. The van der Waals surface area contributed by atoms with Gasteiger partial charge in [-0.05, 0) is 45.0 Å². The predicted octanol–water partition coefficient (Wildman–Crippen LogP) is 2.99. The minimum Gasteiger partial charge on any atom is -0.461 e. The molecule has 8 nitrogen and oxygen atoms in total. The van der Waals surface area contributed by atoms with Gasteiger partial charge in [0.15, 0.2) is 5.69 Å². The second-order valence-corrected chi connectivity index (χ2v) is 7.22. The van der Waals surface area contributed by atoms with Gasteiger partial charge in [0.2, 0.25) is 0 Å². The number of likely N-dealkylation sites (tertiary alicyclic amines) is 1. The van der Waals surface area contributed by atoms with Crippen LogP contribution in [-0.4, -0.2) is 59.4 Å². The SMILES string of the molecule is CCOC(=O)c1cn2c(n1)CN(C(=O)OCCN1CCCCC1)c1ccccc1-2. The minimum atomic E-state index is -0.470. The Hall–Kier alpha value is -2.87. The zero-order chi connectivity index (χ0) is 20.2. The van der Waals surface area contributed by atoms with Crippen LogP contribution in [-0.2, 0) is 16.0 Å². The standard InChI is InChI=1S/C21H26N4O4/c1-2-28-20(26)16-14-24-17-8-4-5-9-18(17)25(15-19(24)22-16)21(27)29-13-12-23-10-6-3-7-11-23/h4-5,8-9,14H,2-3,6-7,10-13,15H2,1H3. The smallest absolute Gasteiger partial charge is 0.414 e. The Balaban J connectivity index is 1.49. The zero-order valence-corrected chi connectivity index (χ0v) is 16.7. The van der Waals surface area contributed by atoms with Crippen molar-refractivity contribution in [2.24, 2.45) is 0 Å². The highest BCUT2D eigenvalue weighted by Crippen LogP contribution is 2.32. The fourth-order valence-corrected chi connectivity index (χ4v) is 3.85. The molecule has 1 saturated heterocycles. The van der Waals surface area contributed by atoms with E-state index in [0.717, 1.165) is 31.0 Å². The molecule has 0 bridgehead atoms. The first-order valence-corrected chi connectivity index (χ1v) is 10.2. The van der Waals surface area contributed by atoms with Gasteiger partial charge < -0.3 is 9.47 Å². The Morgan fingerprint density at radius 3 is 2.59 bits per heavy atom. The van der Waals surface area contributed by atoms with Crippen molar-refractivity contribution >= 4 is 17.7 Å². The number of carbonyl (C=O) groups excluding carboxylic acids is 2. The molecule has 0 unspecified atom stereocenters. The van der Waals surface area contributed by atoms with Gasteiger partial charge in [0.05, 0.1) is 24.5 Å². The first-order chi connectivity index (χ1) is 14.2. The van der Waals surface area contributed by atoms with E-state index in [1.54, 1.807) is 18.0 Å². The molecular weight excluding hydrogens is 372 g/mol. The van der Waals surface area contributed by atoms with E-state index < -0.39 is 12.1 Å². The molecule has 29 heavy (non-hydrogen) atoms. The van der Waals surface area contributed by atoms with Crippen molar-refractivity contribution in [2.75, 3.05) is 37.7 Å². The first kappa shape index (κ1) is 19.4. The van der Waals surface area contributed by atoms with Crippen LogP contribution in [0.2, 0.25) is 0 Å². The van der Waals surface area contributed by atoms with Crippen LogP contribution in [0, 0.1) is 0 Å². The number of rotatable bonds is 5. The molecule has 0 aliphatic carbocycles. The van der Waals surface area contributed by atoms with E-state index in [9.17, 15) is 9.59 Å². The molecule has 0 spiro atoms. The van der Waals surface area contributed by atoms with Crippen LogP contribution in [0.4, 0.5) is 10.5 Å². The lowest BCUT2D eigenvalue weighted by molar-refractivity contribution is 0.0520. The average molecular weight is 398 g/mol. The largest absolute Gasteiger partial charge is 0.461 e. The van der Waals surface area contributed by atoms with Gasteiger partial charge in [-0.25, -0.2) is 14.6 Å². The lowest BCUT2D eigenvalue weighted by Crippen LogP contribution is -2.38. The van der Waals surface area contributed by atoms with E-state index in [1.165, 1.54) is 19.3 Å². The number of hydrogen-bond acceptors (Lipinski definition) is 6. The molecule has 2 aliphatic rings. The van der Waals surface area contributed by atoms with Crippen LogP contribution in [0.1, 0.15) is 42.5 Å². The molecule has 0 saturated carbocycles. The van der Waals surface area contributed by atoms with Crippen LogP contribution in [0.15, 0.2) is 30.5 Å². The van der Waals surface area contributed by atoms with Crippen molar-refractivity contribution in [3.8, 4) is 5.69 Å². The lowest BCUT2D eigenvalue weighted by Gasteiger charge is -2.30. The van der Waals surface area contributed by atoms with Gasteiger partial charge in [0.25, 0.3) is 0 Å². The maximum Gasteiger partial charge on any atom is 0.414 e. The summed E-state index contributed by atoms with van der Waals surface area (Å²) >= 11 is 0. The number of hydrogen-bond donors (Lipinski definition) is 0. The average Bonchev–Trinajstić information content (AvgIpc) is 3.19. The van der Waals surface area contributed by atoms with Crippen molar-refractivity contribution in [1.29, 1.82) is 0 Å². The topological polar surface area (TPSA) is 76.9 Å². The number of nitrogens with zero attached hydrogens (tertiary/aromatic N) is 4. The van der Waals surface area contributed by atoms with Crippen molar-refractivity contribution < 1.29 is 19.1 Å². The monoisotopic (exact) mass is 398 g/mol. The lowest BCUT2D eigenvalue weighted by atomic mass is 10.1. The molecule has 2 aliphatic heterocycles. The molecule has 1 fully saturated rings. The number of benzene rings is 1. The molecule has 8 heteroatoms. The molecular formula is C21H26N4O4. The number of para-hydroxylation sites is 2. The number of fused-ring (bicyclic) bond motifs is 3. The molecule has 3 heterocycles. The summed E-state index contributed by atoms with van der Waals surface area (Å²) in [5, 5.41) is 0. The number of ether oxygens (including phenoxy) is 2. The van der Waals surface area contributed by atoms with Crippen LogP contribution < -0.4 is 4.90 Å². The highest BCUT2D eigenvalue weighted by molar-refractivity contribution is 5.92. The Kier molecular flexibility index (Phi) is 5.80. The van der Waals surface area contributed by atoms with Crippen molar-refractivity contribution in [3.05, 3.63) is 42.0 Å². The van der Waals surface area contributed by atoms with Gasteiger partial charge >= 0.3 is 12.1 Å². The Labute approximate surface area is 170 Å². The van der Waals surface area contributed by atoms with E-state index in [4.69, 9.17) is 9.47 Å². The highest BCUT2D eigenvalue weighted by atomic mass is 16.6. The van der Waals surface area contributed by atoms with Gasteiger partial charge in [-0.1, -0.05) is 18.6 Å². The molecule has 0 atom stereocenters. The number of aromatic nitrogens is 2. The molecule has 4 rings (SSSR count). The van der Waals surface area contributed by atoms with E-state index >= 15 is 0 Å². The number of amides is 1. The molecule has 1 amide bonds. The number of carbonyl (C=O) groups is 2. The third kappa shape index (κ3) is 4.12. The van der Waals surface area contributed by atoms with Crippen molar-refractivity contribution in [1.82, 2.24) is 14.5 Å². The molecule has 0 N–H and O–H groups in total. The molecule has 1 aromatic carbocycles. The van der Waals surface area contributed by atoms with Gasteiger partial charge in [0.1, 0.15) is 12.4 Å². The zero-order valence-electron chi connectivity index (χ0n) is 16.7. The summed E-state index contributed by atoms with van der Waals surface area (Å²) in [6, 6.07) is 7.52. The summed E-state index contributed by atoms with van der Waals surface area (Å²) < 4.78 is 12.5. The van der Waals surface area contributed by atoms with E-state index in [-0.39, 0.29) is 18.8 Å². The number of imidazole rings is 1. The van der Waals surface area contributed by atoms with E-state index in [1.807, 2.05) is 28.8 Å². The number of esters is 1. The fourth-order valence-electron chi connectivity index (χ4n) is 3.85. The van der Waals surface area contributed by atoms with Crippen LogP contribution >= 0.6 is 0 Å². The molecule has 0 radical (unpaired) electrons. The normalized spacial score (nSPS) is 16.1. The molecule has 1 aromatic heterocycles. The van der Waals surface area contributed by atoms with E-state index in [2.05, 4.69) is 9.88 Å². The third-order valence-corrected chi connectivity index (χ3v) is 5.30. The molecule has 2 aromatic rings. The van der Waals surface area contributed by atoms with Crippen LogP contribution in [0.3, 0.4) is 0 Å². The fraction of sp³-hybridized carbons (Fsp3) is 0.476. The number of piperidine rings is 1. The summed E-state index contributed by atoms with van der Waals surface area (Å²) in [7, 11) is 0. The highest BCUT2D eigenvalue weighted by Gasteiger charge is 2.30. The predicted molar refractivity (Wildman–Crippen MR) is 107 cm³/mol. The quantitative estimate of drug-likeness (QED) is 0.721. The summed E-state index contributed by atoms with van der Waals surface area (Å²) in [4.78, 5) is 33.2. The first-order valence-electron chi connectivity index (χ1n) is 10.2. The summed E-state index contributed by atoms with van der Waals surface area (Å²) in [5.74, 6) is 0.127. The Morgan fingerprint density at radius 2 is 1.83 bits per heavy atom. The summed E-state index contributed by atoms with van der Waals surface area (Å²) in [6.07, 6.45) is 4.95. The summed E-state index contributed by atoms with van der Waals surface area (Å²) in [6.45, 7) is 5.52. The van der Waals surface area contributed by atoms with Gasteiger partial charge in [0, 0.05) is 12.7 Å².